The molecule has 0 aliphatic heterocycles. The summed E-state index contributed by atoms with van der Waals surface area (Å²) in [4.78, 5) is 5.68. The standard InChI is InChI=1S/C13H20N4S/c1-5-11(14)12(13-8(2)6-7-18-13)17-10(4)15-9(3)16-17/h6-7,11-12H,5,14H2,1-4H3. The van der Waals surface area contributed by atoms with Gasteiger partial charge in [0.2, 0.25) is 0 Å². The molecule has 98 valence electrons. The predicted octanol–water partition coefficient (Wildman–Crippen LogP) is 2.59. The first-order chi connectivity index (χ1) is 8.54. The van der Waals surface area contributed by atoms with Crippen molar-refractivity contribution in [3.8, 4) is 0 Å². The van der Waals surface area contributed by atoms with Crippen LogP contribution in [0.5, 0.6) is 0 Å². The van der Waals surface area contributed by atoms with Crippen LogP contribution in [0.3, 0.4) is 0 Å². The Balaban J connectivity index is 2.50. The fourth-order valence-corrected chi connectivity index (χ4v) is 3.28. The molecule has 0 spiro atoms. The maximum atomic E-state index is 6.31. The van der Waals surface area contributed by atoms with E-state index in [0.29, 0.717) is 0 Å². The molecule has 2 atom stereocenters. The highest BCUT2D eigenvalue weighted by molar-refractivity contribution is 7.10. The minimum atomic E-state index is 0.0575. The first-order valence-corrected chi connectivity index (χ1v) is 7.11. The Morgan fingerprint density at radius 3 is 2.56 bits per heavy atom. The van der Waals surface area contributed by atoms with Crippen LogP contribution in [0.2, 0.25) is 0 Å². The molecule has 0 fully saturated rings. The van der Waals surface area contributed by atoms with Crippen LogP contribution >= 0.6 is 11.3 Å². The van der Waals surface area contributed by atoms with Gasteiger partial charge in [-0.3, -0.25) is 0 Å². The maximum Gasteiger partial charge on any atom is 0.147 e. The van der Waals surface area contributed by atoms with Crippen molar-refractivity contribution >= 4 is 11.3 Å². The molecule has 18 heavy (non-hydrogen) atoms. The Labute approximate surface area is 112 Å². The van der Waals surface area contributed by atoms with E-state index in [1.165, 1.54) is 10.4 Å². The quantitative estimate of drug-likeness (QED) is 0.923. The molecule has 0 aliphatic rings. The number of nitrogens with zero attached hydrogens (tertiary/aromatic N) is 3. The zero-order chi connectivity index (χ0) is 13.3. The summed E-state index contributed by atoms with van der Waals surface area (Å²) in [6, 6.07) is 2.28. The highest BCUT2D eigenvalue weighted by Gasteiger charge is 2.25. The molecule has 2 aromatic heterocycles. The Kier molecular flexibility index (Phi) is 3.82. The lowest BCUT2D eigenvalue weighted by atomic mass is 10.0. The molecule has 2 N–H and O–H groups in total. The highest BCUT2D eigenvalue weighted by atomic mass is 32.1. The Morgan fingerprint density at radius 1 is 1.39 bits per heavy atom. The monoisotopic (exact) mass is 264 g/mol. The molecule has 2 unspecified atom stereocenters. The molecular weight excluding hydrogens is 244 g/mol. The van der Waals surface area contributed by atoms with Crippen molar-refractivity contribution in [2.75, 3.05) is 0 Å². The molecule has 0 saturated carbocycles. The SMILES string of the molecule is CCC(N)C(c1sccc1C)n1nc(C)nc1C. The first kappa shape index (κ1) is 13.2. The number of aryl methyl sites for hydroxylation is 3. The van der Waals surface area contributed by atoms with E-state index in [1.807, 2.05) is 18.5 Å². The van der Waals surface area contributed by atoms with Gasteiger partial charge in [0, 0.05) is 10.9 Å². The van der Waals surface area contributed by atoms with E-state index >= 15 is 0 Å². The third-order valence-corrected chi connectivity index (χ3v) is 4.31. The number of aromatic nitrogens is 3. The van der Waals surface area contributed by atoms with Crippen molar-refractivity contribution < 1.29 is 0 Å². The summed E-state index contributed by atoms with van der Waals surface area (Å²) in [5, 5.41) is 6.62. The third kappa shape index (κ3) is 2.33. The summed E-state index contributed by atoms with van der Waals surface area (Å²) < 4.78 is 1.97. The van der Waals surface area contributed by atoms with Crippen LogP contribution in [0.25, 0.3) is 0 Å². The molecule has 2 rings (SSSR count). The van der Waals surface area contributed by atoms with Gasteiger partial charge in [-0.25, -0.2) is 9.67 Å². The molecule has 0 amide bonds. The van der Waals surface area contributed by atoms with Gasteiger partial charge in [0.25, 0.3) is 0 Å². The number of hydrogen-bond donors (Lipinski definition) is 1. The van der Waals surface area contributed by atoms with Crippen molar-refractivity contribution in [1.29, 1.82) is 0 Å². The van der Waals surface area contributed by atoms with Crippen LogP contribution < -0.4 is 5.73 Å². The van der Waals surface area contributed by atoms with E-state index in [0.717, 1.165) is 18.1 Å². The van der Waals surface area contributed by atoms with Gasteiger partial charge >= 0.3 is 0 Å². The molecule has 5 heteroatoms. The zero-order valence-electron chi connectivity index (χ0n) is 11.3. The average molecular weight is 264 g/mol. The Morgan fingerprint density at radius 2 is 2.11 bits per heavy atom. The second-order valence-electron chi connectivity index (χ2n) is 4.64. The van der Waals surface area contributed by atoms with E-state index in [-0.39, 0.29) is 12.1 Å². The highest BCUT2D eigenvalue weighted by Crippen LogP contribution is 2.30. The van der Waals surface area contributed by atoms with Crippen LogP contribution in [0, 0.1) is 20.8 Å². The van der Waals surface area contributed by atoms with Crippen LogP contribution in [0.4, 0.5) is 0 Å². The normalized spacial score (nSPS) is 14.7. The van der Waals surface area contributed by atoms with E-state index < -0.39 is 0 Å². The molecule has 0 aromatic carbocycles. The lowest BCUT2D eigenvalue weighted by Crippen LogP contribution is -2.33. The van der Waals surface area contributed by atoms with Crippen molar-refractivity contribution in [3.63, 3.8) is 0 Å². The molecule has 4 nitrogen and oxygen atoms in total. The molecule has 2 heterocycles. The topological polar surface area (TPSA) is 56.7 Å². The van der Waals surface area contributed by atoms with Crippen LogP contribution in [-0.2, 0) is 0 Å². The molecule has 0 aliphatic carbocycles. The second kappa shape index (κ2) is 5.20. The summed E-state index contributed by atoms with van der Waals surface area (Å²) in [5.74, 6) is 1.73. The van der Waals surface area contributed by atoms with Gasteiger partial charge in [0.05, 0.1) is 0 Å². The lowest BCUT2D eigenvalue weighted by Gasteiger charge is -2.24. The minimum absolute atomic E-state index is 0.0575. The average Bonchev–Trinajstić information content (AvgIpc) is 2.87. The largest absolute Gasteiger partial charge is 0.326 e. The molecule has 2 aromatic rings. The summed E-state index contributed by atoms with van der Waals surface area (Å²) in [6.45, 7) is 8.14. The van der Waals surface area contributed by atoms with Crippen molar-refractivity contribution in [1.82, 2.24) is 14.8 Å². The molecule has 0 bridgehead atoms. The zero-order valence-corrected chi connectivity index (χ0v) is 12.2. The van der Waals surface area contributed by atoms with Gasteiger partial charge in [0.15, 0.2) is 0 Å². The van der Waals surface area contributed by atoms with Gasteiger partial charge in [-0.1, -0.05) is 6.92 Å². The van der Waals surface area contributed by atoms with E-state index in [9.17, 15) is 0 Å². The van der Waals surface area contributed by atoms with Gasteiger partial charge in [-0.2, -0.15) is 5.10 Å². The van der Waals surface area contributed by atoms with Gasteiger partial charge < -0.3 is 5.73 Å². The lowest BCUT2D eigenvalue weighted by molar-refractivity contribution is 0.418. The van der Waals surface area contributed by atoms with Crippen molar-refractivity contribution in [2.45, 2.75) is 46.2 Å². The van der Waals surface area contributed by atoms with Crippen LogP contribution in [-0.4, -0.2) is 20.8 Å². The molecule has 0 saturated heterocycles. The third-order valence-electron chi connectivity index (χ3n) is 3.22. The smallest absolute Gasteiger partial charge is 0.147 e. The number of rotatable bonds is 4. The molecular formula is C13H20N4S. The minimum Gasteiger partial charge on any atom is -0.326 e. The predicted molar refractivity (Wildman–Crippen MR) is 75.0 cm³/mol. The summed E-state index contributed by atoms with van der Waals surface area (Å²) in [7, 11) is 0. The first-order valence-electron chi connectivity index (χ1n) is 6.24. The van der Waals surface area contributed by atoms with Crippen molar-refractivity contribution in [3.05, 3.63) is 33.5 Å². The van der Waals surface area contributed by atoms with E-state index in [2.05, 4.69) is 35.4 Å². The number of hydrogen-bond acceptors (Lipinski definition) is 4. The van der Waals surface area contributed by atoms with Crippen LogP contribution in [0.15, 0.2) is 11.4 Å². The van der Waals surface area contributed by atoms with Gasteiger partial charge in [-0.15, -0.1) is 11.3 Å². The van der Waals surface area contributed by atoms with Gasteiger partial charge in [0.1, 0.15) is 17.7 Å². The van der Waals surface area contributed by atoms with Crippen molar-refractivity contribution in [2.24, 2.45) is 5.73 Å². The molecule has 0 radical (unpaired) electrons. The Hall–Kier alpha value is -1.20. The number of nitrogens with two attached hydrogens (primary N) is 1. The second-order valence-corrected chi connectivity index (χ2v) is 5.58. The summed E-state index contributed by atoms with van der Waals surface area (Å²) in [5.41, 5.74) is 7.58. The van der Waals surface area contributed by atoms with E-state index in [4.69, 9.17) is 5.73 Å². The fourth-order valence-electron chi connectivity index (χ4n) is 2.20. The Bertz CT molecular complexity index is 529. The summed E-state index contributed by atoms with van der Waals surface area (Å²) >= 11 is 1.75. The van der Waals surface area contributed by atoms with Gasteiger partial charge in [-0.05, 0) is 44.2 Å². The van der Waals surface area contributed by atoms with E-state index in [1.54, 1.807) is 11.3 Å². The fraction of sp³-hybridized carbons (Fsp3) is 0.538. The summed E-state index contributed by atoms with van der Waals surface area (Å²) in [6.07, 6.45) is 0.917. The maximum absolute atomic E-state index is 6.31. The van der Waals surface area contributed by atoms with Crippen LogP contribution in [0.1, 0.15) is 41.5 Å². The number of thiophene rings is 1.